The molecule has 4 rings (SSSR count). The number of nitrogens with one attached hydrogen (secondary N) is 1. The van der Waals surface area contributed by atoms with Crippen molar-refractivity contribution >= 4 is 10.9 Å². The number of ether oxygens (including phenoxy) is 2. The summed E-state index contributed by atoms with van der Waals surface area (Å²) in [7, 11) is 1.51. The molecule has 0 spiro atoms. The van der Waals surface area contributed by atoms with Crippen LogP contribution in [0.15, 0.2) is 71.5 Å². The molecule has 6 nitrogen and oxygen atoms in total. The fraction of sp³-hybridized carbons (Fsp3) is 0.0800. The Labute approximate surface area is 178 Å². The van der Waals surface area contributed by atoms with Gasteiger partial charge in [-0.05, 0) is 48.5 Å². The van der Waals surface area contributed by atoms with Crippen LogP contribution in [0.5, 0.6) is 11.5 Å². The molecule has 0 unspecified atom stereocenters. The van der Waals surface area contributed by atoms with Gasteiger partial charge in [-0.3, -0.25) is 4.79 Å². The lowest BCUT2D eigenvalue weighted by atomic mass is 10.1. The van der Waals surface area contributed by atoms with E-state index >= 15 is 0 Å². The number of rotatable bonds is 4. The van der Waals surface area contributed by atoms with Crippen molar-refractivity contribution in [1.82, 2.24) is 9.97 Å². The quantitative estimate of drug-likeness (QED) is 0.519. The monoisotopic (exact) mass is 407 g/mol. The third-order valence-electron chi connectivity index (χ3n) is 4.56. The molecule has 3 aromatic carbocycles. The Morgan fingerprint density at radius 2 is 1.77 bits per heavy atom. The van der Waals surface area contributed by atoms with Crippen molar-refractivity contribution in [3.8, 4) is 40.8 Å². The highest BCUT2D eigenvalue weighted by atomic mass is 16.5. The maximum Gasteiger partial charge on any atom is 0.259 e. The van der Waals surface area contributed by atoms with E-state index in [1.54, 1.807) is 30.3 Å². The Morgan fingerprint density at radius 1 is 0.968 bits per heavy atom. The van der Waals surface area contributed by atoms with Crippen molar-refractivity contribution in [3.63, 3.8) is 0 Å². The van der Waals surface area contributed by atoms with Gasteiger partial charge in [0.25, 0.3) is 5.56 Å². The van der Waals surface area contributed by atoms with Crippen molar-refractivity contribution in [3.05, 3.63) is 88.2 Å². The van der Waals surface area contributed by atoms with E-state index in [0.29, 0.717) is 33.8 Å². The van der Waals surface area contributed by atoms with Crippen LogP contribution in [-0.4, -0.2) is 23.7 Å². The molecule has 31 heavy (non-hydrogen) atoms. The summed E-state index contributed by atoms with van der Waals surface area (Å²) >= 11 is 0. The van der Waals surface area contributed by atoms with E-state index in [1.165, 1.54) is 7.11 Å². The van der Waals surface area contributed by atoms with Crippen LogP contribution in [0.4, 0.5) is 0 Å². The van der Waals surface area contributed by atoms with Gasteiger partial charge >= 0.3 is 0 Å². The average Bonchev–Trinajstić information content (AvgIpc) is 2.82. The van der Waals surface area contributed by atoms with Gasteiger partial charge in [-0.25, -0.2) is 4.98 Å². The summed E-state index contributed by atoms with van der Waals surface area (Å²) in [5.74, 6) is 7.46. The van der Waals surface area contributed by atoms with Gasteiger partial charge in [0.2, 0.25) is 0 Å². The molecule has 0 bridgehead atoms. The minimum Gasteiger partial charge on any atom is -0.493 e. The highest BCUT2D eigenvalue weighted by molar-refractivity contribution is 5.81. The fourth-order valence-corrected chi connectivity index (χ4v) is 3.06. The molecule has 0 amide bonds. The first-order valence-corrected chi connectivity index (χ1v) is 9.47. The number of aromatic amines is 1. The first kappa shape index (κ1) is 19.8. The van der Waals surface area contributed by atoms with Crippen LogP contribution in [0, 0.1) is 23.2 Å². The number of aromatic nitrogens is 2. The van der Waals surface area contributed by atoms with Crippen LogP contribution in [0.2, 0.25) is 0 Å². The van der Waals surface area contributed by atoms with Crippen LogP contribution in [-0.2, 0) is 0 Å². The number of methoxy groups -OCH3 is 1. The molecule has 0 aliphatic rings. The van der Waals surface area contributed by atoms with E-state index in [-0.39, 0.29) is 12.2 Å². The third kappa shape index (κ3) is 4.39. The first-order chi connectivity index (χ1) is 15.2. The van der Waals surface area contributed by atoms with Crippen LogP contribution < -0.4 is 15.0 Å². The Morgan fingerprint density at radius 3 is 2.55 bits per heavy atom. The smallest absolute Gasteiger partial charge is 0.259 e. The topological polar surface area (TPSA) is 88.0 Å². The zero-order valence-electron chi connectivity index (χ0n) is 16.7. The lowest BCUT2D eigenvalue weighted by molar-refractivity contribution is 0.330. The zero-order valence-corrected chi connectivity index (χ0v) is 16.7. The maximum absolute atomic E-state index is 12.7. The highest BCUT2D eigenvalue weighted by Gasteiger charge is 2.11. The predicted octanol–water partition coefficient (Wildman–Crippen LogP) is 3.90. The standard InChI is InChI=1S/C25H17N3O3/c1-30-23-16-19(10-12-22(23)31-14-13-26)24-27-21-11-9-18(15-20(21)25(29)28-24)8-7-17-5-3-2-4-6-17/h2-6,9-12,15-16H,14H2,1H3,(H,27,28,29). The minimum atomic E-state index is -0.257. The Kier molecular flexibility index (Phi) is 5.64. The Hall–Kier alpha value is -4.55. The van der Waals surface area contributed by atoms with Gasteiger partial charge in [0.1, 0.15) is 11.9 Å². The Bertz CT molecular complexity index is 1410. The van der Waals surface area contributed by atoms with Crippen LogP contribution in [0.1, 0.15) is 11.1 Å². The summed E-state index contributed by atoms with van der Waals surface area (Å²) in [6, 6.07) is 22.1. The summed E-state index contributed by atoms with van der Waals surface area (Å²) < 4.78 is 10.7. The van der Waals surface area contributed by atoms with Crippen LogP contribution in [0.25, 0.3) is 22.3 Å². The van der Waals surface area contributed by atoms with Crippen LogP contribution in [0.3, 0.4) is 0 Å². The summed E-state index contributed by atoms with van der Waals surface area (Å²) in [5.41, 5.74) is 2.60. The molecule has 0 saturated carbocycles. The van der Waals surface area contributed by atoms with Gasteiger partial charge in [0, 0.05) is 16.7 Å². The zero-order chi connectivity index (χ0) is 21.6. The molecule has 1 aromatic heterocycles. The summed E-state index contributed by atoms with van der Waals surface area (Å²) in [5, 5.41) is 9.15. The summed E-state index contributed by atoms with van der Waals surface area (Å²) in [6.45, 7) is -0.0870. The van der Waals surface area contributed by atoms with Gasteiger partial charge in [-0.2, -0.15) is 5.26 Å². The molecule has 0 radical (unpaired) electrons. The predicted molar refractivity (Wildman–Crippen MR) is 118 cm³/mol. The highest BCUT2D eigenvalue weighted by Crippen LogP contribution is 2.31. The molecular formula is C25H17N3O3. The normalized spacial score (nSPS) is 10.1. The van der Waals surface area contributed by atoms with Crippen molar-refractivity contribution in [1.29, 1.82) is 5.26 Å². The maximum atomic E-state index is 12.7. The molecule has 4 aromatic rings. The Balaban J connectivity index is 1.69. The van der Waals surface area contributed by atoms with Crippen LogP contribution >= 0.6 is 0 Å². The van der Waals surface area contributed by atoms with E-state index in [9.17, 15) is 4.79 Å². The second-order valence-corrected chi connectivity index (χ2v) is 6.57. The average molecular weight is 407 g/mol. The van der Waals surface area contributed by atoms with Crippen molar-refractivity contribution in [2.75, 3.05) is 13.7 Å². The number of fused-ring (bicyclic) bond motifs is 1. The lowest BCUT2D eigenvalue weighted by Gasteiger charge is -2.10. The van der Waals surface area contributed by atoms with E-state index in [4.69, 9.17) is 14.7 Å². The van der Waals surface area contributed by atoms with Crippen molar-refractivity contribution in [2.45, 2.75) is 0 Å². The SMILES string of the molecule is COc1cc(-c2nc3ccc(C#Cc4ccccc4)cc3c(=O)[nH]2)ccc1OCC#N. The second-order valence-electron chi connectivity index (χ2n) is 6.57. The molecular weight excluding hydrogens is 390 g/mol. The van der Waals surface area contributed by atoms with E-state index in [2.05, 4.69) is 21.8 Å². The molecule has 0 aliphatic heterocycles. The third-order valence-corrected chi connectivity index (χ3v) is 4.56. The molecule has 6 heteroatoms. The van der Waals surface area contributed by atoms with Gasteiger partial charge < -0.3 is 14.5 Å². The molecule has 1 heterocycles. The number of nitrogens with zero attached hydrogens (tertiary/aromatic N) is 2. The number of nitriles is 1. The number of hydrogen-bond donors (Lipinski definition) is 1. The summed E-state index contributed by atoms with van der Waals surface area (Å²) in [6.07, 6.45) is 0. The first-order valence-electron chi connectivity index (χ1n) is 9.47. The molecule has 0 aliphatic carbocycles. The molecule has 0 atom stereocenters. The fourth-order valence-electron chi connectivity index (χ4n) is 3.06. The number of H-pyrrole nitrogens is 1. The molecule has 1 N–H and O–H groups in total. The van der Waals surface area contributed by atoms with Crippen molar-refractivity contribution in [2.24, 2.45) is 0 Å². The van der Waals surface area contributed by atoms with Gasteiger partial charge in [0.05, 0.1) is 18.0 Å². The van der Waals surface area contributed by atoms with Gasteiger partial charge in [0.15, 0.2) is 18.1 Å². The number of benzene rings is 3. The molecule has 150 valence electrons. The number of hydrogen-bond acceptors (Lipinski definition) is 5. The second kappa shape index (κ2) is 8.86. The van der Waals surface area contributed by atoms with Crippen molar-refractivity contribution < 1.29 is 9.47 Å². The van der Waals surface area contributed by atoms with Gasteiger partial charge in [-0.15, -0.1) is 0 Å². The molecule has 0 saturated heterocycles. The van der Waals surface area contributed by atoms with E-state index in [0.717, 1.165) is 11.1 Å². The molecule has 0 fully saturated rings. The summed E-state index contributed by atoms with van der Waals surface area (Å²) in [4.78, 5) is 20.1. The van der Waals surface area contributed by atoms with E-state index < -0.39 is 0 Å². The minimum absolute atomic E-state index is 0.0870. The van der Waals surface area contributed by atoms with E-state index in [1.807, 2.05) is 42.5 Å². The van der Waals surface area contributed by atoms with Gasteiger partial charge in [-0.1, -0.05) is 30.0 Å². The largest absolute Gasteiger partial charge is 0.493 e. The lowest BCUT2D eigenvalue weighted by Crippen LogP contribution is -2.10.